The van der Waals surface area contributed by atoms with Crippen LogP contribution in [-0.4, -0.2) is 68.0 Å². The molecule has 3 amide bonds. The number of carbonyl (C=O) groups excluding carboxylic acids is 3. The summed E-state index contributed by atoms with van der Waals surface area (Å²) in [4.78, 5) is 43.4. The second kappa shape index (κ2) is 13.5. The van der Waals surface area contributed by atoms with Crippen molar-refractivity contribution in [3.63, 3.8) is 0 Å². The van der Waals surface area contributed by atoms with Crippen molar-refractivity contribution in [1.29, 1.82) is 0 Å². The van der Waals surface area contributed by atoms with Crippen molar-refractivity contribution in [2.24, 2.45) is 5.73 Å². The van der Waals surface area contributed by atoms with E-state index in [1.54, 1.807) is 31.4 Å². The Kier molecular flexibility index (Phi) is 9.38. The molecule has 9 heteroatoms. The molecule has 1 aliphatic carbocycles. The van der Waals surface area contributed by atoms with Crippen molar-refractivity contribution >= 4 is 29.1 Å². The number of piperazine rings is 1. The quantitative estimate of drug-likeness (QED) is 0.380. The Bertz CT molecular complexity index is 1400. The summed E-state index contributed by atoms with van der Waals surface area (Å²) >= 11 is 0. The van der Waals surface area contributed by atoms with E-state index >= 15 is 0 Å². The number of anilines is 2. The third-order valence-electron chi connectivity index (χ3n) is 8.07. The maximum atomic E-state index is 13.2. The Morgan fingerprint density at radius 3 is 2.31 bits per heavy atom. The van der Waals surface area contributed by atoms with E-state index < -0.39 is 0 Å². The number of benzene rings is 3. The molecule has 0 atom stereocenters. The topological polar surface area (TPSA) is 117 Å². The summed E-state index contributed by atoms with van der Waals surface area (Å²) in [5.74, 6) is 0.287. The molecule has 3 aromatic rings. The number of nitrogens with zero attached hydrogens (tertiary/aromatic N) is 2. The molecular weight excluding hydrogens is 530 g/mol. The number of hydrogen-bond donors (Lipinski definition) is 3. The molecule has 0 radical (unpaired) electrons. The molecule has 0 unspecified atom stereocenters. The maximum absolute atomic E-state index is 13.2. The normalized spacial score (nSPS) is 18.7. The summed E-state index contributed by atoms with van der Waals surface area (Å²) in [6.45, 7) is 2.23. The molecule has 42 heavy (non-hydrogen) atoms. The summed E-state index contributed by atoms with van der Waals surface area (Å²) < 4.78 is 5.28. The van der Waals surface area contributed by atoms with E-state index in [1.165, 1.54) is 0 Å². The minimum absolute atomic E-state index is 0.0411. The van der Waals surface area contributed by atoms with Crippen molar-refractivity contribution in [2.45, 2.75) is 44.2 Å². The van der Waals surface area contributed by atoms with E-state index in [2.05, 4.69) is 15.5 Å². The molecule has 4 N–H and O–H groups in total. The number of carbonyl (C=O) groups is 3. The summed E-state index contributed by atoms with van der Waals surface area (Å²) in [6.07, 6.45) is 3.75. The first-order chi connectivity index (χ1) is 20.4. The van der Waals surface area contributed by atoms with Gasteiger partial charge in [-0.05, 0) is 67.6 Å². The fourth-order valence-electron chi connectivity index (χ4n) is 5.65. The van der Waals surface area contributed by atoms with Gasteiger partial charge in [0.1, 0.15) is 5.75 Å². The highest BCUT2D eigenvalue weighted by Crippen LogP contribution is 2.29. The Morgan fingerprint density at radius 1 is 0.857 bits per heavy atom. The zero-order chi connectivity index (χ0) is 29.5. The van der Waals surface area contributed by atoms with Crippen LogP contribution < -0.4 is 26.0 Å². The molecular formula is C33H39N5O4. The Hall–Kier alpha value is -4.37. The molecule has 2 fully saturated rings. The van der Waals surface area contributed by atoms with Gasteiger partial charge in [0, 0.05) is 49.4 Å². The van der Waals surface area contributed by atoms with Crippen molar-refractivity contribution in [2.75, 3.05) is 43.5 Å². The molecule has 9 nitrogen and oxygen atoms in total. The third-order valence-corrected chi connectivity index (χ3v) is 8.07. The molecule has 3 aromatic carbocycles. The van der Waals surface area contributed by atoms with E-state index in [0.29, 0.717) is 48.7 Å². The minimum atomic E-state index is -0.159. The monoisotopic (exact) mass is 569 g/mol. The van der Waals surface area contributed by atoms with Crippen LogP contribution in [0, 0.1) is 0 Å². The van der Waals surface area contributed by atoms with Crippen LogP contribution in [0.4, 0.5) is 11.4 Å². The van der Waals surface area contributed by atoms with Gasteiger partial charge in [0.2, 0.25) is 5.91 Å². The zero-order valence-electron chi connectivity index (χ0n) is 24.1. The molecule has 0 aromatic heterocycles. The molecule has 0 bridgehead atoms. The van der Waals surface area contributed by atoms with Gasteiger partial charge in [0.05, 0.1) is 24.9 Å². The summed E-state index contributed by atoms with van der Waals surface area (Å²) in [5.41, 5.74) is 9.43. The number of methoxy groups -OCH3 is 1. The fraction of sp³-hybridized carbons (Fsp3) is 0.364. The van der Waals surface area contributed by atoms with Crippen molar-refractivity contribution in [3.8, 4) is 5.75 Å². The molecule has 220 valence electrons. The predicted molar refractivity (Wildman–Crippen MR) is 164 cm³/mol. The Labute approximate surface area is 247 Å². The fourth-order valence-corrected chi connectivity index (χ4v) is 5.65. The number of amides is 3. The number of hydrogen-bond acceptors (Lipinski definition) is 6. The number of rotatable bonds is 8. The van der Waals surface area contributed by atoms with E-state index in [0.717, 1.165) is 36.9 Å². The van der Waals surface area contributed by atoms with E-state index in [1.807, 2.05) is 53.4 Å². The minimum Gasteiger partial charge on any atom is -0.497 e. The van der Waals surface area contributed by atoms with Crippen LogP contribution in [0.15, 0.2) is 72.8 Å². The highest BCUT2D eigenvalue weighted by Gasteiger charge is 2.26. The largest absolute Gasteiger partial charge is 0.497 e. The molecule has 1 heterocycles. The standard InChI is InChI=1S/C33H39N5O4/c1-42-28-9-5-8-25(21-28)33(41)38-18-16-37(17-19-38)30-15-10-24(32(40)35-27-13-11-26(34)12-14-27)22-29(30)36-31(39)20-23-6-3-2-4-7-23/h2-10,15,21-22,26-27H,11-14,16-20,34H2,1H3,(H,35,40)(H,36,39). The summed E-state index contributed by atoms with van der Waals surface area (Å²) in [7, 11) is 1.58. The Morgan fingerprint density at radius 2 is 1.60 bits per heavy atom. The molecule has 2 aliphatic rings. The molecule has 1 saturated heterocycles. The van der Waals surface area contributed by atoms with Crippen LogP contribution in [0.5, 0.6) is 5.75 Å². The maximum Gasteiger partial charge on any atom is 0.254 e. The van der Waals surface area contributed by atoms with Crippen molar-refractivity contribution in [1.82, 2.24) is 10.2 Å². The van der Waals surface area contributed by atoms with Gasteiger partial charge in [0.25, 0.3) is 11.8 Å². The summed E-state index contributed by atoms with van der Waals surface area (Å²) in [5, 5.41) is 6.21. The lowest BCUT2D eigenvalue weighted by Crippen LogP contribution is -2.49. The highest BCUT2D eigenvalue weighted by atomic mass is 16.5. The van der Waals surface area contributed by atoms with E-state index in [9.17, 15) is 14.4 Å². The lowest BCUT2D eigenvalue weighted by Gasteiger charge is -2.37. The number of nitrogens with one attached hydrogen (secondary N) is 2. The van der Waals surface area contributed by atoms with Crippen molar-refractivity contribution < 1.29 is 19.1 Å². The first kappa shape index (κ1) is 29.1. The number of nitrogens with two attached hydrogens (primary N) is 1. The second-order valence-corrected chi connectivity index (χ2v) is 11.0. The molecule has 5 rings (SSSR count). The SMILES string of the molecule is COc1cccc(C(=O)N2CCN(c3ccc(C(=O)NC4CCC(N)CC4)cc3NC(=O)Cc3ccccc3)CC2)c1. The third kappa shape index (κ3) is 7.28. The average molecular weight is 570 g/mol. The molecule has 1 saturated carbocycles. The Balaban J connectivity index is 1.31. The van der Waals surface area contributed by atoms with Gasteiger partial charge in [0.15, 0.2) is 0 Å². The van der Waals surface area contributed by atoms with Gasteiger partial charge in [-0.2, -0.15) is 0 Å². The van der Waals surface area contributed by atoms with Crippen LogP contribution in [0.25, 0.3) is 0 Å². The summed E-state index contributed by atoms with van der Waals surface area (Å²) in [6, 6.07) is 22.5. The first-order valence-electron chi connectivity index (χ1n) is 14.6. The van der Waals surface area contributed by atoms with E-state index in [-0.39, 0.29) is 36.2 Å². The predicted octanol–water partition coefficient (Wildman–Crippen LogP) is 3.84. The van der Waals surface area contributed by atoms with Gasteiger partial charge in [-0.15, -0.1) is 0 Å². The van der Waals surface area contributed by atoms with Crippen LogP contribution in [0.3, 0.4) is 0 Å². The van der Waals surface area contributed by atoms with Gasteiger partial charge >= 0.3 is 0 Å². The van der Waals surface area contributed by atoms with Crippen molar-refractivity contribution in [3.05, 3.63) is 89.5 Å². The lowest BCUT2D eigenvalue weighted by atomic mass is 9.91. The van der Waals surface area contributed by atoms with Crippen LogP contribution in [0.1, 0.15) is 52.0 Å². The van der Waals surface area contributed by atoms with Crippen LogP contribution >= 0.6 is 0 Å². The van der Waals surface area contributed by atoms with Gasteiger partial charge < -0.3 is 30.9 Å². The van der Waals surface area contributed by atoms with Crippen LogP contribution in [0.2, 0.25) is 0 Å². The smallest absolute Gasteiger partial charge is 0.254 e. The van der Waals surface area contributed by atoms with Gasteiger partial charge in [-0.25, -0.2) is 0 Å². The second-order valence-electron chi connectivity index (χ2n) is 11.0. The average Bonchev–Trinajstić information content (AvgIpc) is 3.02. The number of ether oxygens (including phenoxy) is 1. The van der Waals surface area contributed by atoms with Gasteiger partial charge in [-0.3, -0.25) is 14.4 Å². The van der Waals surface area contributed by atoms with Gasteiger partial charge in [-0.1, -0.05) is 36.4 Å². The highest BCUT2D eigenvalue weighted by molar-refractivity contribution is 6.00. The van der Waals surface area contributed by atoms with E-state index in [4.69, 9.17) is 10.5 Å². The lowest BCUT2D eigenvalue weighted by molar-refractivity contribution is -0.115. The zero-order valence-corrected chi connectivity index (χ0v) is 24.1. The molecule has 0 spiro atoms. The van der Waals surface area contributed by atoms with Crippen LogP contribution in [-0.2, 0) is 11.2 Å². The molecule has 1 aliphatic heterocycles. The first-order valence-corrected chi connectivity index (χ1v) is 14.6.